The number of carbonyl (C=O) groups is 1. The molecule has 0 bridgehead atoms. The molecule has 3 aromatic rings. The summed E-state index contributed by atoms with van der Waals surface area (Å²) < 4.78 is 5.39. The molecule has 1 aliphatic rings. The van der Waals surface area contributed by atoms with Crippen molar-refractivity contribution in [2.45, 2.75) is 19.2 Å². The molecule has 4 heteroatoms. The van der Waals surface area contributed by atoms with Crippen LogP contribution in [-0.4, -0.2) is 22.9 Å². The lowest BCUT2D eigenvalue weighted by molar-refractivity contribution is -0.145. The first-order valence-corrected chi connectivity index (χ1v) is 7.83. The lowest BCUT2D eigenvalue weighted by Gasteiger charge is -2.33. The molecule has 4 rings (SSSR count). The number of carbonyl (C=O) groups excluding carboxylic acids is 1. The van der Waals surface area contributed by atoms with Crippen LogP contribution in [0.15, 0.2) is 54.6 Å². The van der Waals surface area contributed by atoms with Crippen LogP contribution in [0.3, 0.4) is 0 Å². The van der Waals surface area contributed by atoms with Crippen molar-refractivity contribution >= 4 is 17.4 Å². The van der Waals surface area contributed by atoms with E-state index in [4.69, 9.17) is 4.74 Å². The Hall–Kier alpha value is -2.59. The average Bonchev–Trinajstić information content (AvgIpc) is 2.98. The van der Waals surface area contributed by atoms with Crippen molar-refractivity contribution in [3.63, 3.8) is 0 Å². The molecule has 0 saturated carbocycles. The summed E-state index contributed by atoms with van der Waals surface area (Å²) in [6.07, 6.45) is 0.610. The quantitative estimate of drug-likeness (QED) is 0.751. The average molecular weight is 306 g/mol. The number of aromatic amines is 1. The van der Waals surface area contributed by atoms with Crippen molar-refractivity contribution in [2.24, 2.45) is 0 Å². The standard InChI is InChI=1S/C19H18N2O2/c22-13-23-19(14-6-2-1-3-7-14)21-11-10-16-15-8-4-5-9-17(15)20-18(16)12-21/h1-9,13,19-20H,10-12H2. The van der Waals surface area contributed by atoms with Crippen LogP contribution >= 0.6 is 0 Å². The molecule has 1 N–H and O–H groups in total. The summed E-state index contributed by atoms with van der Waals surface area (Å²) in [5.74, 6) is 0. The van der Waals surface area contributed by atoms with E-state index in [0.29, 0.717) is 6.47 Å². The number of hydrogen-bond acceptors (Lipinski definition) is 3. The molecule has 1 atom stereocenters. The number of benzene rings is 2. The Morgan fingerprint density at radius 2 is 1.87 bits per heavy atom. The van der Waals surface area contributed by atoms with Gasteiger partial charge in [0.05, 0.1) is 0 Å². The molecule has 0 fully saturated rings. The number of hydrogen-bond donors (Lipinski definition) is 1. The third kappa shape index (κ3) is 2.51. The maximum atomic E-state index is 11.0. The lowest BCUT2D eigenvalue weighted by atomic mass is 10.0. The highest BCUT2D eigenvalue weighted by atomic mass is 16.5. The molecule has 0 spiro atoms. The number of rotatable bonds is 4. The molecule has 23 heavy (non-hydrogen) atoms. The number of ether oxygens (including phenoxy) is 1. The molecule has 2 heterocycles. The van der Waals surface area contributed by atoms with Gasteiger partial charge in [0, 0.05) is 35.2 Å². The third-order valence-electron chi connectivity index (χ3n) is 4.51. The van der Waals surface area contributed by atoms with Gasteiger partial charge in [-0.05, 0) is 18.1 Å². The van der Waals surface area contributed by atoms with Crippen LogP contribution < -0.4 is 0 Å². The topological polar surface area (TPSA) is 45.3 Å². The van der Waals surface area contributed by atoms with E-state index in [9.17, 15) is 4.79 Å². The van der Waals surface area contributed by atoms with Gasteiger partial charge < -0.3 is 9.72 Å². The zero-order valence-corrected chi connectivity index (χ0v) is 12.7. The summed E-state index contributed by atoms with van der Waals surface area (Å²) in [7, 11) is 0. The monoisotopic (exact) mass is 306 g/mol. The molecule has 0 saturated heterocycles. The molecule has 116 valence electrons. The van der Waals surface area contributed by atoms with Gasteiger partial charge in [0.15, 0.2) is 6.23 Å². The SMILES string of the molecule is O=COC(c1ccccc1)N1CCc2c([nH]c3ccccc23)C1. The summed E-state index contributed by atoms with van der Waals surface area (Å²) in [5, 5.41) is 1.30. The van der Waals surface area contributed by atoms with Crippen LogP contribution in [-0.2, 0) is 22.5 Å². The Bertz CT molecular complexity index is 826. The first-order chi connectivity index (χ1) is 11.4. The van der Waals surface area contributed by atoms with Crippen molar-refractivity contribution in [2.75, 3.05) is 6.54 Å². The highest BCUT2D eigenvalue weighted by Gasteiger charge is 2.27. The second kappa shape index (κ2) is 5.89. The van der Waals surface area contributed by atoms with Crippen LogP contribution in [0.2, 0.25) is 0 Å². The fraction of sp³-hybridized carbons (Fsp3) is 0.211. The van der Waals surface area contributed by atoms with Crippen molar-refractivity contribution in [1.29, 1.82) is 0 Å². The first-order valence-electron chi connectivity index (χ1n) is 7.83. The maximum Gasteiger partial charge on any atom is 0.294 e. The van der Waals surface area contributed by atoms with E-state index in [1.165, 1.54) is 22.2 Å². The summed E-state index contributed by atoms with van der Waals surface area (Å²) >= 11 is 0. The molecular weight excluding hydrogens is 288 g/mol. The van der Waals surface area contributed by atoms with E-state index >= 15 is 0 Å². The van der Waals surface area contributed by atoms with E-state index in [-0.39, 0.29) is 6.23 Å². The minimum absolute atomic E-state index is 0.340. The van der Waals surface area contributed by atoms with Gasteiger partial charge in [0.25, 0.3) is 6.47 Å². The smallest absolute Gasteiger partial charge is 0.294 e. The Morgan fingerprint density at radius 3 is 2.70 bits per heavy atom. The largest absolute Gasteiger partial charge is 0.444 e. The predicted molar refractivity (Wildman–Crippen MR) is 88.7 cm³/mol. The summed E-state index contributed by atoms with van der Waals surface area (Å²) in [5.41, 5.74) is 4.77. The number of aromatic nitrogens is 1. The number of fused-ring (bicyclic) bond motifs is 3. The first kappa shape index (κ1) is 14.0. The number of para-hydroxylation sites is 1. The van der Waals surface area contributed by atoms with Gasteiger partial charge in [0.1, 0.15) is 0 Å². The Kier molecular flexibility index (Phi) is 3.60. The Balaban J connectivity index is 1.67. The van der Waals surface area contributed by atoms with Crippen molar-refractivity contribution < 1.29 is 9.53 Å². The zero-order chi connectivity index (χ0) is 15.6. The molecular formula is C19H18N2O2. The van der Waals surface area contributed by atoms with Gasteiger partial charge in [-0.2, -0.15) is 0 Å². The van der Waals surface area contributed by atoms with Crippen LogP contribution in [0, 0.1) is 0 Å². The van der Waals surface area contributed by atoms with E-state index in [0.717, 1.165) is 25.1 Å². The summed E-state index contributed by atoms with van der Waals surface area (Å²) in [6.45, 7) is 2.15. The highest BCUT2D eigenvalue weighted by Crippen LogP contribution is 2.32. The molecule has 1 aromatic heterocycles. The predicted octanol–water partition coefficient (Wildman–Crippen LogP) is 3.40. The zero-order valence-electron chi connectivity index (χ0n) is 12.7. The van der Waals surface area contributed by atoms with E-state index in [2.05, 4.69) is 28.1 Å². The number of H-pyrrole nitrogens is 1. The Morgan fingerprint density at radius 1 is 1.09 bits per heavy atom. The van der Waals surface area contributed by atoms with E-state index in [1.54, 1.807) is 0 Å². The molecule has 0 amide bonds. The normalized spacial score (nSPS) is 16.0. The minimum Gasteiger partial charge on any atom is -0.444 e. The van der Waals surface area contributed by atoms with Gasteiger partial charge in [-0.3, -0.25) is 9.69 Å². The lowest BCUT2D eigenvalue weighted by Crippen LogP contribution is -2.35. The molecule has 0 radical (unpaired) electrons. The van der Waals surface area contributed by atoms with Crippen molar-refractivity contribution in [3.05, 3.63) is 71.4 Å². The van der Waals surface area contributed by atoms with Crippen LogP contribution in [0.25, 0.3) is 10.9 Å². The maximum absolute atomic E-state index is 11.0. The number of nitrogens with zero attached hydrogens (tertiary/aromatic N) is 1. The second-order valence-electron chi connectivity index (χ2n) is 5.84. The van der Waals surface area contributed by atoms with E-state index in [1.807, 2.05) is 36.4 Å². The van der Waals surface area contributed by atoms with Gasteiger partial charge in [-0.25, -0.2) is 0 Å². The summed E-state index contributed by atoms with van der Waals surface area (Å²) in [6, 6.07) is 18.3. The Labute approximate surface area is 134 Å². The summed E-state index contributed by atoms with van der Waals surface area (Å²) in [4.78, 5) is 16.7. The van der Waals surface area contributed by atoms with Gasteiger partial charge >= 0.3 is 0 Å². The van der Waals surface area contributed by atoms with Crippen molar-refractivity contribution in [3.8, 4) is 0 Å². The molecule has 0 aliphatic carbocycles. The second-order valence-corrected chi connectivity index (χ2v) is 5.84. The molecule has 4 nitrogen and oxygen atoms in total. The third-order valence-corrected chi connectivity index (χ3v) is 4.51. The highest BCUT2D eigenvalue weighted by molar-refractivity contribution is 5.84. The molecule has 1 unspecified atom stereocenters. The number of nitrogens with one attached hydrogen (secondary N) is 1. The van der Waals surface area contributed by atoms with Gasteiger partial charge in [-0.1, -0.05) is 48.5 Å². The minimum atomic E-state index is -0.340. The van der Waals surface area contributed by atoms with Gasteiger partial charge in [-0.15, -0.1) is 0 Å². The van der Waals surface area contributed by atoms with E-state index < -0.39 is 0 Å². The fourth-order valence-electron chi connectivity index (χ4n) is 3.46. The molecule has 1 aliphatic heterocycles. The van der Waals surface area contributed by atoms with Crippen LogP contribution in [0.1, 0.15) is 23.0 Å². The van der Waals surface area contributed by atoms with Crippen LogP contribution in [0.5, 0.6) is 0 Å². The van der Waals surface area contributed by atoms with Crippen molar-refractivity contribution in [1.82, 2.24) is 9.88 Å². The fourth-order valence-corrected chi connectivity index (χ4v) is 3.46. The molecule has 2 aromatic carbocycles. The van der Waals surface area contributed by atoms with Gasteiger partial charge in [0.2, 0.25) is 0 Å². The van der Waals surface area contributed by atoms with Crippen LogP contribution in [0.4, 0.5) is 0 Å².